The summed E-state index contributed by atoms with van der Waals surface area (Å²) in [6.45, 7) is 6.62. The second-order valence-corrected chi connectivity index (χ2v) is 7.24. The Morgan fingerprint density at radius 3 is 2.46 bits per heavy atom. The smallest absolute Gasteiger partial charge is 0.338 e. The van der Waals surface area contributed by atoms with E-state index in [9.17, 15) is 14.4 Å². The Kier molecular flexibility index (Phi) is 6.17. The van der Waals surface area contributed by atoms with Crippen LogP contribution in [0.4, 0.5) is 4.79 Å². The molecule has 4 N–H and O–H groups in total. The van der Waals surface area contributed by atoms with Gasteiger partial charge in [-0.15, -0.1) is 0 Å². The number of nitrogens with one attached hydrogen (secondary N) is 2. The Morgan fingerprint density at radius 1 is 1.21 bits per heavy atom. The van der Waals surface area contributed by atoms with Gasteiger partial charge in [-0.1, -0.05) is 6.07 Å². The summed E-state index contributed by atoms with van der Waals surface area (Å²) in [4.78, 5) is 35.7. The summed E-state index contributed by atoms with van der Waals surface area (Å²) >= 11 is 0. The first-order chi connectivity index (χ1) is 13.0. The van der Waals surface area contributed by atoms with E-state index in [1.54, 1.807) is 45.9 Å². The molecule has 1 heterocycles. The second-order valence-electron chi connectivity index (χ2n) is 7.24. The third-order valence-corrected chi connectivity index (χ3v) is 3.78. The molecule has 0 saturated carbocycles. The van der Waals surface area contributed by atoms with E-state index in [1.165, 1.54) is 7.11 Å². The number of methoxy groups -OCH3 is 1. The van der Waals surface area contributed by atoms with Crippen molar-refractivity contribution in [2.24, 2.45) is 5.73 Å². The number of allylic oxidation sites excluding steroid dienone is 1. The maximum absolute atomic E-state index is 12.7. The molecular formula is C19H25N3O6. The number of benzene rings is 1. The lowest BCUT2D eigenvalue weighted by molar-refractivity contribution is -0.150. The lowest BCUT2D eigenvalue weighted by Crippen LogP contribution is -2.46. The van der Waals surface area contributed by atoms with Crippen LogP contribution < -0.4 is 25.8 Å². The Hall–Kier alpha value is -3.23. The first-order valence-corrected chi connectivity index (χ1v) is 8.62. The van der Waals surface area contributed by atoms with Crippen LogP contribution in [0.25, 0.3) is 0 Å². The molecule has 1 atom stereocenters. The summed E-state index contributed by atoms with van der Waals surface area (Å²) in [5.41, 5.74) is 5.66. The molecule has 0 radical (unpaired) electrons. The van der Waals surface area contributed by atoms with Crippen molar-refractivity contribution in [3.8, 4) is 11.5 Å². The van der Waals surface area contributed by atoms with E-state index >= 15 is 0 Å². The lowest BCUT2D eigenvalue weighted by atomic mass is 9.95. The van der Waals surface area contributed by atoms with Crippen molar-refractivity contribution in [1.29, 1.82) is 0 Å². The van der Waals surface area contributed by atoms with Gasteiger partial charge in [0.25, 0.3) is 5.91 Å². The van der Waals surface area contributed by atoms with Crippen molar-refractivity contribution >= 4 is 17.9 Å². The monoisotopic (exact) mass is 391 g/mol. The Balaban J connectivity index is 2.42. The number of hydrogen-bond acceptors (Lipinski definition) is 6. The van der Waals surface area contributed by atoms with Gasteiger partial charge in [-0.2, -0.15) is 0 Å². The Bertz CT molecular complexity index is 825. The summed E-state index contributed by atoms with van der Waals surface area (Å²) in [7, 11) is 1.44. The van der Waals surface area contributed by atoms with Crippen LogP contribution in [0.3, 0.4) is 0 Å². The molecule has 0 fully saturated rings. The van der Waals surface area contributed by atoms with Gasteiger partial charge >= 0.3 is 12.0 Å². The number of primary amides is 1. The summed E-state index contributed by atoms with van der Waals surface area (Å²) in [5.74, 6) is -0.532. The van der Waals surface area contributed by atoms with E-state index in [-0.39, 0.29) is 12.2 Å². The number of ether oxygens (including phenoxy) is 3. The molecular weight excluding hydrogens is 366 g/mol. The number of rotatable bonds is 6. The first kappa shape index (κ1) is 21.1. The number of hydrogen-bond donors (Lipinski definition) is 3. The zero-order chi connectivity index (χ0) is 21.1. The molecule has 0 spiro atoms. The molecule has 1 aliphatic rings. The average molecular weight is 391 g/mol. The van der Waals surface area contributed by atoms with Crippen molar-refractivity contribution in [2.75, 3.05) is 13.7 Å². The number of carbonyl (C=O) groups is 3. The van der Waals surface area contributed by atoms with Crippen molar-refractivity contribution < 1.29 is 28.6 Å². The third-order valence-electron chi connectivity index (χ3n) is 3.78. The van der Waals surface area contributed by atoms with Crippen molar-refractivity contribution in [3.05, 3.63) is 35.0 Å². The van der Waals surface area contributed by atoms with E-state index in [4.69, 9.17) is 19.9 Å². The molecule has 1 aromatic rings. The fraction of sp³-hybridized carbons (Fsp3) is 0.421. The minimum absolute atomic E-state index is 0.280. The number of amides is 3. The molecule has 9 nitrogen and oxygen atoms in total. The van der Waals surface area contributed by atoms with Crippen molar-refractivity contribution in [3.63, 3.8) is 0 Å². The van der Waals surface area contributed by atoms with Crippen LogP contribution in [0, 0.1) is 0 Å². The summed E-state index contributed by atoms with van der Waals surface area (Å²) < 4.78 is 16.1. The zero-order valence-electron chi connectivity index (χ0n) is 16.5. The van der Waals surface area contributed by atoms with E-state index in [2.05, 4.69) is 10.6 Å². The van der Waals surface area contributed by atoms with E-state index in [0.717, 1.165) is 0 Å². The topological polar surface area (TPSA) is 129 Å². The number of urea groups is 1. The SMILES string of the molecule is COc1cc([C@@H]2NC(=O)NC(C)=C2C(=O)OC(C)(C)C)ccc1OCC(N)=O. The third kappa shape index (κ3) is 5.15. The number of carbonyl (C=O) groups excluding carboxylic acids is 3. The molecule has 9 heteroatoms. The van der Waals surface area contributed by atoms with Crippen molar-refractivity contribution in [1.82, 2.24) is 10.6 Å². The highest BCUT2D eigenvalue weighted by molar-refractivity contribution is 5.95. The minimum atomic E-state index is -0.748. The first-order valence-electron chi connectivity index (χ1n) is 8.62. The highest BCUT2D eigenvalue weighted by Gasteiger charge is 2.34. The van der Waals surface area contributed by atoms with Crippen LogP contribution in [-0.4, -0.2) is 37.2 Å². The Morgan fingerprint density at radius 2 is 1.89 bits per heavy atom. The van der Waals surface area contributed by atoms with Gasteiger partial charge in [0.2, 0.25) is 0 Å². The van der Waals surface area contributed by atoms with Crippen LogP contribution in [-0.2, 0) is 14.3 Å². The highest BCUT2D eigenvalue weighted by atomic mass is 16.6. The van der Waals surface area contributed by atoms with Gasteiger partial charge in [0, 0.05) is 5.70 Å². The van der Waals surface area contributed by atoms with Gasteiger partial charge in [-0.05, 0) is 45.4 Å². The van der Waals surface area contributed by atoms with Gasteiger partial charge in [0.05, 0.1) is 18.7 Å². The molecule has 0 aliphatic carbocycles. The van der Waals surface area contributed by atoms with Gasteiger partial charge in [0.1, 0.15) is 5.60 Å². The second kappa shape index (κ2) is 8.20. The molecule has 28 heavy (non-hydrogen) atoms. The van der Waals surface area contributed by atoms with Gasteiger partial charge in [-0.25, -0.2) is 9.59 Å². The summed E-state index contributed by atoms with van der Waals surface area (Å²) in [5, 5.41) is 5.31. The molecule has 2 rings (SSSR count). The zero-order valence-corrected chi connectivity index (χ0v) is 16.5. The van der Waals surface area contributed by atoms with Gasteiger partial charge in [-0.3, -0.25) is 4.79 Å². The normalized spacial score (nSPS) is 16.8. The average Bonchev–Trinajstić information content (AvgIpc) is 2.57. The molecule has 0 aromatic heterocycles. The largest absolute Gasteiger partial charge is 0.493 e. The predicted molar refractivity (Wildman–Crippen MR) is 101 cm³/mol. The van der Waals surface area contributed by atoms with Crippen LogP contribution in [0.1, 0.15) is 39.3 Å². The maximum Gasteiger partial charge on any atom is 0.338 e. The highest BCUT2D eigenvalue weighted by Crippen LogP contribution is 2.35. The molecule has 0 bridgehead atoms. The standard InChI is InChI=1S/C19H25N3O6/c1-10-15(17(24)28-19(2,3)4)16(22-18(25)21-10)11-6-7-12(13(8-11)26-5)27-9-14(20)23/h6-8,16H,9H2,1-5H3,(H2,20,23)(H2,21,22,25)/t16-/m0/s1. The molecule has 1 aliphatic heterocycles. The number of nitrogens with two attached hydrogens (primary N) is 1. The van der Waals surface area contributed by atoms with E-state index in [0.29, 0.717) is 22.8 Å². The Labute approximate surface area is 163 Å². The van der Waals surface area contributed by atoms with Crippen LogP contribution >= 0.6 is 0 Å². The van der Waals surface area contributed by atoms with Crippen LogP contribution in [0.5, 0.6) is 11.5 Å². The molecule has 0 unspecified atom stereocenters. The molecule has 3 amide bonds. The predicted octanol–water partition coefficient (Wildman–Crippen LogP) is 1.53. The van der Waals surface area contributed by atoms with Gasteiger partial charge < -0.3 is 30.6 Å². The van der Waals surface area contributed by atoms with Gasteiger partial charge in [0.15, 0.2) is 18.1 Å². The fourth-order valence-corrected chi connectivity index (χ4v) is 2.68. The quantitative estimate of drug-likeness (QED) is 0.631. The van der Waals surface area contributed by atoms with Crippen LogP contribution in [0.2, 0.25) is 0 Å². The maximum atomic E-state index is 12.7. The lowest BCUT2D eigenvalue weighted by Gasteiger charge is -2.30. The van der Waals surface area contributed by atoms with E-state index in [1.807, 2.05) is 0 Å². The van der Waals surface area contributed by atoms with Crippen molar-refractivity contribution in [2.45, 2.75) is 39.3 Å². The fourth-order valence-electron chi connectivity index (χ4n) is 2.68. The molecule has 0 saturated heterocycles. The summed E-state index contributed by atoms with van der Waals surface area (Å²) in [6.07, 6.45) is 0. The molecule has 152 valence electrons. The minimum Gasteiger partial charge on any atom is -0.493 e. The van der Waals surface area contributed by atoms with Crippen LogP contribution in [0.15, 0.2) is 29.5 Å². The number of esters is 1. The van der Waals surface area contributed by atoms with E-state index < -0.39 is 29.6 Å². The summed E-state index contributed by atoms with van der Waals surface area (Å²) in [6, 6.07) is 3.66. The molecule has 1 aromatic carbocycles.